The molecule has 0 unspecified atom stereocenters. The Morgan fingerprint density at radius 2 is 1.52 bits per heavy atom. The van der Waals surface area contributed by atoms with Crippen LogP contribution in [0.1, 0.15) is 11.1 Å². The first-order valence-corrected chi connectivity index (χ1v) is 10.9. The van der Waals surface area contributed by atoms with E-state index in [1.165, 1.54) is 35.0 Å². The van der Waals surface area contributed by atoms with Crippen LogP contribution in [0.4, 0.5) is 5.69 Å². The van der Waals surface area contributed by atoms with Gasteiger partial charge in [0, 0.05) is 17.0 Å². The summed E-state index contributed by atoms with van der Waals surface area (Å²) in [6.45, 7) is 0.209. The number of aromatic hydroxyl groups is 1. The number of rotatable bonds is 5. The molecule has 0 atom stereocenters. The number of nitrogens with zero attached hydrogens (tertiary/aromatic N) is 2. The maximum absolute atomic E-state index is 13.0. The van der Waals surface area contributed by atoms with Crippen LogP contribution in [0.25, 0.3) is 10.8 Å². The monoisotopic (exact) mass is 433 g/mol. The number of hydrogen-bond acceptors (Lipinski definition) is 5. The van der Waals surface area contributed by atoms with Gasteiger partial charge in [-0.3, -0.25) is 14.4 Å². The van der Waals surface area contributed by atoms with Crippen LogP contribution < -0.4 is 10.7 Å². The summed E-state index contributed by atoms with van der Waals surface area (Å²) in [6.07, 6.45) is 1.46. The van der Waals surface area contributed by atoms with E-state index in [2.05, 4.69) is 4.99 Å². The van der Waals surface area contributed by atoms with Gasteiger partial charge in [-0.25, -0.2) is 13.6 Å². The van der Waals surface area contributed by atoms with Crippen molar-refractivity contribution in [1.82, 2.24) is 4.57 Å². The topological polar surface area (TPSA) is 115 Å². The summed E-state index contributed by atoms with van der Waals surface area (Å²) in [5.41, 5.74) is 1.43. The summed E-state index contributed by atoms with van der Waals surface area (Å²) in [6, 6.07) is 22.1. The van der Waals surface area contributed by atoms with Crippen molar-refractivity contribution in [2.45, 2.75) is 11.4 Å². The summed E-state index contributed by atoms with van der Waals surface area (Å²) in [7, 11) is -3.79. The predicted molar refractivity (Wildman–Crippen MR) is 120 cm³/mol. The molecule has 1 aromatic heterocycles. The number of pyridine rings is 1. The number of sulfonamides is 1. The lowest BCUT2D eigenvalue weighted by atomic mass is 10.1. The molecule has 0 aliphatic carbocycles. The summed E-state index contributed by atoms with van der Waals surface area (Å²) in [5, 5.41) is 17.1. The van der Waals surface area contributed by atoms with E-state index in [4.69, 9.17) is 5.14 Å². The predicted octanol–water partition coefficient (Wildman–Crippen LogP) is 3.15. The van der Waals surface area contributed by atoms with Gasteiger partial charge in [0.05, 0.1) is 22.7 Å². The van der Waals surface area contributed by atoms with Crippen LogP contribution in [0.15, 0.2) is 93.5 Å². The van der Waals surface area contributed by atoms with E-state index >= 15 is 0 Å². The smallest absolute Gasteiger partial charge is 0.261 e. The molecular weight excluding hydrogens is 414 g/mol. The van der Waals surface area contributed by atoms with Crippen molar-refractivity contribution in [1.29, 1.82) is 0 Å². The molecule has 156 valence electrons. The molecule has 3 aromatic carbocycles. The number of hydrogen-bond donors (Lipinski definition) is 2. The van der Waals surface area contributed by atoms with E-state index in [0.717, 1.165) is 5.56 Å². The Morgan fingerprint density at radius 1 is 0.903 bits per heavy atom. The molecule has 4 aromatic rings. The lowest BCUT2D eigenvalue weighted by Crippen LogP contribution is -2.22. The molecule has 0 saturated carbocycles. The fourth-order valence-corrected chi connectivity index (χ4v) is 3.83. The second kappa shape index (κ2) is 8.17. The molecule has 7 nitrogen and oxygen atoms in total. The first-order chi connectivity index (χ1) is 14.8. The number of fused-ring (bicyclic) bond motifs is 1. The summed E-state index contributed by atoms with van der Waals surface area (Å²) >= 11 is 0. The van der Waals surface area contributed by atoms with Gasteiger partial charge in [0.1, 0.15) is 0 Å². The molecule has 0 saturated heterocycles. The van der Waals surface area contributed by atoms with E-state index in [1.807, 2.05) is 30.3 Å². The van der Waals surface area contributed by atoms with Crippen LogP contribution in [-0.2, 0) is 16.6 Å². The summed E-state index contributed by atoms with van der Waals surface area (Å²) in [4.78, 5) is 17.3. The first kappa shape index (κ1) is 20.5. The molecule has 8 heteroatoms. The highest BCUT2D eigenvalue weighted by molar-refractivity contribution is 7.89. The van der Waals surface area contributed by atoms with Crippen molar-refractivity contribution >= 4 is 32.7 Å². The van der Waals surface area contributed by atoms with Crippen molar-refractivity contribution < 1.29 is 13.5 Å². The number of primary sulfonamides is 1. The zero-order chi connectivity index (χ0) is 22.0. The average Bonchev–Trinajstić information content (AvgIpc) is 2.77. The van der Waals surface area contributed by atoms with E-state index in [1.54, 1.807) is 24.3 Å². The Bertz CT molecular complexity index is 1440. The Hall–Kier alpha value is -3.75. The van der Waals surface area contributed by atoms with Gasteiger partial charge in [-0.2, -0.15) is 0 Å². The third-order valence-corrected chi connectivity index (χ3v) is 5.81. The Balaban J connectivity index is 1.81. The fraction of sp³-hybridized carbons (Fsp3) is 0.0435. The first-order valence-electron chi connectivity index (χ1n) is 9.40. The van der Waals surface area contributed by atoms with Gasteiger partial charge in [0.2, 0.25) is 15.9 Å². The molecule has 4 rings (SSSR count). The summed E-state index contributed by atoms with van der Waals surface area (Å²) < 4.78 is 24.1. The van der Waals surface area contributed by atoms with Crippen LogP contribution in [0.2, 0.25) is 0 Å². The highest BCUT2D eigenvalue weighted by Gasteiger charge is 2.15. The molecule has 0 aliphatic rings. The van der Waals surface area contributed by atoms with Crippen molar-refractivity contribution in [2.24, 2.45) is 10.1 Å². The van der Waals surface area contributed by atoms with Crippen molar-refractivity contribution in [3.63, 3.8) is 0 Å². The van der Waals surface area contributed by atoms with Crippen LogP contribution >= 0.6 is 0 Å². The second-order valence-electron chi connectivity index (χ2n) is 6.96. The van der Waals surface area contributed by atoms with Gasteiger partial charge in [0.25, 0.3) is 5.56 Å². The van der Waals surface area contributed by atoms with E-state index in [9.17, 15) is 18.3 Å². The molecule has 0 bridgehead atoms. The molecule has 0 fully saturated rings. The van der Waals surface area contributed by atoms with Gasteiger partial charge >= 0.3 is 0 Å². The number of aliphatic imine (C=N–C) groups is 1. The average molecular weight is 433 g/mol. The van der Waals surface area contributed by atoms with Gasteiger partial charge in [-0.1, -0.05) is 48.5 Å². The van der Waals surface area contributed by atoms with Gasteiger partial charge in [-0.15, -0.1) is 0 Å². The van der Waals surface area contributed by atoms with Crippen LogP contribution in [0.5, 0.6) is 5.88 Å². The van der Waals surface area contributed by atoms with Crippen LogP contribution in [0.3, 0.4) is 0 Å². The SMILES string of the molecule is NS(=O)(=O)c1ccc(N=Cc2c(O)n(Cc3ccccc3)c(=O)c3ccccc23)cc1. The van der Waals surface area contributed by atoms with Crippen molar-refractivity contribution in [3.8, 4) is 5.88 Å². The minimum atomic E-state index is -3.79. The number of aromatic nitrogens is 1. The Morgan fingerprint density at radius 3 is 2.16 bits per heavy atom. The molecule has 1 heterocycles. The molecular formula is C23H19N3O4S. The minimum absolute atomic E-state index is 0.0174. The van der Waals surface area contributed by atoms with E-state index in [-0.39, 0.29) is 22.9 Å². The molecule has 3 N–H and O–H groups in total. The zero-order valence-electron chi connectivity index (χ0n) is 16.3. The highest BCUT2D eigenvalue weighted by Crippen LogP contribution is 2.25. The van der Waals surface area contributed by atoms with E-state index in [0.29, 0.717) is 22.0 Å². The van der Waals surface area contributed by atoms with Gasteiger partial charge < -0.3 is 5.11 Å². The molecule has 31 heavy (non-hydrogen) atoms. The molecule has 0 amide bonds. The third kappa shape index (κ3) is 4.25. The Labute approximate surface area is 178 Å². The normalized spacial score (nSPS) is 11.9. The third-order valence-electron chi connectivity index (χ3n) is 4.88. The molecule has 0 radical (unpaired) electrons. The lowest BCUT2D eigenvalue weighted by Gasteiger charge is -2.13. The Kier molecular flexibility index (Phi) is 5.41. The van der Waals surface area contributed by atoms with Crippen LogP contribution in [-0.4, -0.2) is 24.3 Å². The maximum atomic E-state index is 13.0. The number of nitrogens with two attached hydrogens (primary N) is 1. The zero-order valence-corrected chi connectivity index (χ0v) is 17.2. The lowest BCUT2D eigenvalue weighted by molar-refractivity contribution is 0.416. The second-order valence-corrected chi connectivity index (χ2v) is 8.52. The van der Waals surface area contributed by atoms with Crippen molar-refractivity contribution in [2.75, 3.05) is 0 Å². The van der Waals surface area contributed by atoms with Crippen LogP contribution in [0, 0.1) is 0 Å². The highest BCUT2D eigenvalue weighted by atomic mass is 32.2. The number of benzene rings is 3. The molecule has 0 spiro atoms. The molecule has 0 aliphatic heterocycles. The maximum Gasteiger partial charge on any atom is 0.261 e. The largest absolute Gasteiger partial charge is 0.494 e. The van der Waals surface area contributed by atoms with Crippen molar-refractivity contribution in [3.05, 3.63) is 100 Å². The quantitative estimate of drug-likeness (QED) is 0.471. The van der Waals surface area contributed by atoms with Gasteiger partial charge in [0.15, 0.2) is 0 Å². The standard InChI is InChI=1S/C23H19N3O4S/c24-31(29,30)18-12-10-17(11-13-18)25-14-21-19-8-4-5-9-20(19)22(27)26(23(21)28)15-16-6-2-1-3-7-16/h1-14,28H,15H2,(H2,24,29,30). The minimum Gasteiger partial charge on any atom is -0.494 e. The fourth-order valence-electron chi connectivity index (χ4n) is 3.31. The van der Waals surface area contributed by atoms with E-state index < -0.39 is 10.0 Å². The van der Waals surface area contributed by atoms with Gasteiger partial charge in [-0.05, 0) is 35.9 Å². The summed E-state index contributed by atoms with van der Waals surface area (Å²) in [5.74, 6) is -0.197.